The molecule has 12 heteroatoms. The van der Waals surface area contributed by atoms with E-state index >= 15 is 0 Å². The Balaban J connectivity index is 1.34. The molecule has 216 valence electrons. The molecule has 5 rings (SSSR count). The molecule has 1 unspecified atom stereocenters. The van der Waals surface area contributed by atoms with Crippen molar-refractivity contribution in [3.05, 3.63) is 34.6 Å². The van der Waals surface area contributed by atoms with E-state index in [0.717, 1.165) is 35.9 Å². The van der Waals surface area contributed by atoms with Gasteiger partial charge in [-0.15, -0.1) is 0 Å². The van der Waals surface area contributed by atoms with Crippen LogP contribution in [0.3, 0.4) is 0 Å². The number of ether oxygens (including phenoxy) is 5. The van der Waals surface area contributed by atoms with Crippen LogP contribution in [-0.2, 0) is 9.53 Å². The van der Waals surface area contributed by atoms with Gasteiger partial charge in [-0.2, -0.15) is 0 Å². The monoisotopic (exact) mass is 625 g/mol. The molecule has 0 saturated carbocycles. The highest BCUT2D eigenvalue weighted by atomic mass is 79.9. The number of nitrogens with one attached hydrogen (secondary N) is 1. The first-order valence-electron chi connectivity index (χ1n) is 13.2. The number of hydrogen-bond acceptors (Lipinski definition) is 10. The number of anilines is 2. The molecule has 1 saturated heterocycles. The standard InChI is InChI=1S/C29H32BrN5O6/c1-18(37-3)6-7-19-12-21(30)26(28-27(19)40-17-41-28)33-29-20-13-23(38-4)24(14-22(20)31-16-32-29)39-11-5-8-35-10-9-34(2)25(36)15-35/h12-14,16,18H,5,8-11,15,17H2,1-4H3,(H,31,32,33). The summed E-state index contributed by atoms with van der Waals surface area (Å²) in [6.45, 7) is 5.28. The van der Waals surface area contributed by atoms with E-state index in [1.807, 2.05) is 32.2 Å². The van der Waals surface area contributed by atoms with Crippen molar-refractivity contribution in [2.45, 2.75) is 19.4 Å². The Labute approximate surface area is 247 Å². The molecule has 1 amide bonds. The Kier molecular flexibility index (Phi) is 8.97. The predicted octanol–water partition coefficient (Wildman–Crippen LogP) is 3.80. The number of hydrogen-bond donors (Lipinski definition) is 1. The molecule has 0 aliphatic carbocycles. The minimum absolute atomic E-state index is 0.0825. The van der Waals surface area contributed by atoms with Crippen molar-refractivity contribution in [3.8, 4) is 34.8 Å². The first-order chi connectivity index (χ1) is 19.9. The number of rotatable bonds is 9. The smallest absolute Gasteiger partial charge is 0.236 e. The van der Waals surface area contributed by atoms with Gasteiger partial charge in [0.1, 0.15) is 23.9 Å². The maximum absolute atomic E-state index is 12.0. The summed E-state index contributed by atoms with van der Waals surface area (Å²) in [5.74, 6) is 9.10. The van der Waals surface area contributed by atoms with Crippen molar-refractivity contribution in [2.75, 3.05) is 66.2 Å². The number of likely N-dealkylation sites (N-methyl/N-ethyl adjacent to an activating group) is 1. The zero-order chi connectivity index (χ0) is 28.9. The fourth-order valence-electron chi connectivity index (χ4n) is 4.51. The van der Waals surface area contributed by atoms with Crippen LogP contribution < -0.4 is 24.3 Å². The van der Waals surface area contributed by atoms with Gasteiger partial charge in [0.25, 0.3) is 0 Å². The van der Waals surface area contributed by atoms with E-state index in [4.69, 9.17) is 23.7 Å². The molecule has 1 fully saturated rings. The van der Waals surface area contributed by atoms with Gasteiger partial charge in [-0.25, -0.2) is 9.97 Å². The molecule has 11 nitrogen and oxygen atoms in total. The zero-order valence-corrected chi connectivity index (χ0v) is 25.0. The number of benzene rings is 2. The number of halogens is 1. The first kappa shape index (κ1) is 28.7. The number of nitrogens with zero attached hydrogens (tertiary/aromatic N) is 4. The molecule has 3 heterocycles. The number of aromatic nitrogens is 2. The summed E-state index contributed by atoms with van der Waals surface area (Å²) < 4.78 is 29.3. The minimum atomic E-state index is -0.219. The summed E-state index contributed by atoms with van der Waals surface area (Å²) >= 11 is 3.65. The summed E-state index contributed by atoms with van der Waals surface area (Å²) in [7, 11) is 5.05. The summed E-state index contributed by atoms with van der Waals surface area (Å²) in [6, 6.07) is 5.57. The van der Waals surface area contributed by atoms with Gasteiger partial charge < -0.3 is 33.9 Å². The number of piperazine rings is 1. The van der Waals surface area contributed by atoms with Crippen molar-refractivity contribution in [2.24, 2.45) is 0 Å². The molecule has 1 N–H and O–H groups in total. The van der Waals surface area contributed by atoms with E-state index < -0.39 is 0 Å². The zero-order valence-electron chi connectivity index (χ0n) is 23.5. The van der Waals surface area contributed by atoms with Crippen LogP contribution in [0.1, 0.15) is 18.9 Å². The van der Waals surface area contributed by atoms with Gasteiger partial charge in [0.15, 0.2) is 23.0 Å². The quantitative estimate of drug-likeness (QED) is 0.279. The Bertz CT molecular complexity index is 1510. The van der Waals surface area contributed by atoms with E-state index in [2.05, 4.69) is 48.0 Å². The second kappa shape index (κ2) is 12.8. The summed E-state index contributed by atoms with van der Waals surface area (Å²) in [4.78, 5) is 24.8. The molecule has 2 aliphatic heterocycles. The highest BCUT2D eigenvalue weighted by Gasteiger charge is 2.26. The van der Waals surface area contributed by atoms with Crippen LogP contribution in [0.5, 0.6) is 23.0 Å². The molecule has 3 aromatic rings. The summed E-state index contributed by atoms with van der Waals surface area (Å²) in [5.41, 5.74) is 2.03. The van der Waals surface area contributed by atoms with Gasteiger partial charge in [-0.1, -0.05) is 11.8 Å². The topological polar surface area (TPSA) is 108 Å². The number of amides is 1. The third-order valence-electron chi connectivity index (χ3n) is 6.93. The molecule has 0 spiro atoms. The first-order valence-corrected chi connectivity index (χ1v) is 14.0. The second-order valence-electron chi connectivity index (χ2n) is 9.65. The fraction of sp³-hybridized carbons (Fsp3) is 0.414. The van der Waals surface area contributed by atoms with Crippen molar-refractivity contribution in [3.63, 3.8) is 0 Å². The predicted molar refractivity (Wildman–Crippen MR) is 157 cm³/mol. The van der Waals surface area contributed by atoms with Gasteiger partial charge in [0, 0.05) is 49.7 Å². The van der Waals surface area contributed by atoms with Crippen molar-refractivity contribution < 1.29 is 28.5 Å². The highest BCUT2D eigenvalue weighted by molar-refractivity contribution is 9.10. The minimum Gasteiger partial charge on any atom is -0.493 e. The second-order valence-corrected chi connectivity index (χ2v) is 10.5. The lowest BCUT2D eigenvalue weighted by atomic mass is 10.1. The van der Waals surface area contributed by atoms with Crippen molar-refractivity contribution >= 4 is 44.2 Å². The molecule has 41 heavy (non-hydrogen) atoms. The van der Waals surface area contributed by atoms with Crippen molar-refractivity contribution in [1.29, 1.82) is 0 Å². The maximum Gasteiger partial charge on any atom is 0.236 e. The van der Waals surface area contributed by atoms with Gasteiger partial charge in [-0.3, -0.25) is 9.69 Å². The number of carbonyl (C=O) groups excluding carboxylic acids is 1. The largest absolute Gasteiger partial charge is 0.493 e. The normalized spacial score (nSPS) is 15.4. The summed E-state index contributed by atoms with van der Waals surface area (Å²) in [5, 5.41) is 4.12. The molecule has 1 atom stereocenters. The average molecular weight is 627 g/mol. The van der Waals surface area contributed by atoms with Crippen LogP contribution >= 0.6 is 15.9 Å². The third kappa shape index (κ3) is 6.43. The van der Waals surface area contributed by atoms with Crippen LogP contribution in [-0.4, -0.2) is 92.6 Å². The Morgan fingerprint density at radius 2 is 1.98 bits per heavy atom. The molecular formula is C29H32BrN5O6. The van der Waals surface area contributed by atoms with Crippen molar-refractivity contribution in [1.82, 2.24) is 19.8 Å². The van der Waals surface area contributed by atoms with Gasteiger partial charge in [-0.05, 0) is 41.4 Å². The number of methoxy groups -OCH3 is 2. The van der Waals surface area contributed by atoms with Gasteiger partial charge >= 0.3 is 0 Å². The van der Waals surface area contributed by atoms with E-state index in [9.17, 15) is 4.79 Å². The number of fused-ring (bicyclic) bond motifs is 2. The van der Waals surface area contributed by atoms with E-state index in [0.29, 0.717) is 58.7 Å². The Morgan fingerprint density at radius 3 is 2.76 bits per heavy atom. The van der Waals surface area contributed by atoms with Crippen LogP contribution in [0.2, 0.25) is 0 Å². The molecule has 2 aromatic carbocycles. The lowest BCUT2D eigenvalue weighted by Gasteiger charge is -2.31. The van der Waals surface area contributed by atoms with E-state index in [1.165, 1.54) is 6.33 Å². The molecular weight excluding hydrogens is 594 g/mol. The van der Waals surface area contributed by atoms with Crippen LogP contribution in [0, 0.1) is 11.8 Å². The van der Waals surface area contributed by atoms with E-state index in [-0.39, 0.29) is 18.8 Å². The van der Waals surface area contributed by atoms with Crippen LogP contribution in [0.4, 0.5) is 11.5 Å². The summed E-state index contributed by atoms with van der Waals surface area (Å²) in [6.07, 6.45) is 2.05. The van der Waals surface area contributed by atoms with Crippen LogP contribution in [0.15, 0.2) is 29.0 Å². The highest BCUT2D eigenvalue weighted by Crippen LogP contribution is 2.47. The molecule has 2 aliphatic rings. The fourth-order valence-corrected chi connectivity index (χ4v) is 5.02. The van der Waals surface area contributed by atoms with E-state index in [1.54, 1.807) is 19.1 Å². The maximum atomic E-state index is 12.0. The molecule has 0 radical (unpaired) electrons. The Hall–Kier alpha value is -3.79. The lowest BCUT2D eigenvalue weighted by molar-refractivity contribution is -0.134. The third-order valence-corrected chi connectivity index (χ3v) is 7.56. The number of carbonyl (C=O) groups is 1. The van der Waals surface area contributed by atoms with Crippen LogP contribution in [0.25, 0.3) is 10.9 Å². The molecule has 1 aromatic heterocycles. The lowest BCUT2D eigenvalue weighted by Crippen LogP contribution is -2.48. The SMILES string of the molecule is COc1cc2c(Nc3c(Br)cc(C#CC(C)OC)c4c3OCO4)ncnc2cc1OCCCN1CCN(C)C(=O)C1. The van der Waals surface area contributed by atoms with Gasteiger partial charge in [0.05, 0.1) is 31.3 Å². The van der Waals surface area contributed by atoms with Gasteiger partial charge in [0.2, 0.25) is 12.7 Å². The Morgan fingerprint density at radius 1 is 1.15 bits per heavy atom. The average Bonchev–Trinajstić information content (AvgIpc) is 3.47. The molecule has 0 bridgehead atoms.